The zero-order chi connectivity index (χ0) is 17.6. The number of carbonyl (C=O) groups is 2. The first-order valence-corrected chi connectivity index (χ1v) is 9.24. The average molecular weight is 339 g/mol. The fourth-order valence-corrected chi connectivity index (χ4v) is 4.55. The summed E-state index contributed by atoms with van der Waals surface area (Å²) in [7, 11) is 0. The van der Waals surface area contributed by atoms with Gasteiger partial charge in [0.15, 0.2) is 0 Å². The first kappa shape index (κ1) is 16.3. The van der Waals surface area contributed by atoms with Gasteiger partial charge in [-0.15, -0.1) is 0 Å². The first-order valence-electron chi connectivity index (χ1n) is 9.24. The molecule has 3 aliphatic rings. The Hall–Kier alpha value is -2.14. The van der Waals surface area contributed by atoms with Crippen molar-refractivity contribution in [2.75, 3.05) is 13.1 Å². The average Bonchev–Trinajstić information content (AvgIpc) is 3.15. The third-order valence-corrected chi connectivity index (χ3v) is 5.93. The Kier molecular flexibility index (Phi) is 4.12. The van der Waals surface area contributed by atoms with Gasteiger partial charge < -0.3 is 5.32 Å². The second-order valence-corrected chi connectivity index (χ2v) is 7.35. The molecule has 5 heteroatoms. The lowest BCUT2D eigenvalue weighted by Gasteiger charge is -2.33. The van der Waals surface area contributed by atoms with Crippen molar-refractivity contribution in [2.45, 2.75) is 50.7 Å². The van der Waals surface area contributed by atoms with E-state index < -0.39 is 6.04 Å². The van der Waals surface area contributed by atoms with Crippen LogP contribution >= 0.6 is 0 Å². The Morgan fingerprint density at radius 3 is 2.72 bits per heavy atom. The Balaban J connectivity index is 1.46. The molecule has 1 aromatic carbocycles. The van der Waals surface area contributed by atoms with Crippen LogP contribution in [-0.2, 0) is 4.79 Å². The predicted molar refractivity (Wildman–Crippen MR) is 96.9 cm³/mol. The van der Waals surface area contributed by atoms with Crippen LogP contribution < -0.4 is 5.32 Å². The molecule has 0 aliphatic carbocycles. The summed E-state index contributed by atoms with van der Waals surface area (Å²) in [5, 5.41) is 3.21. The number of nitrogens with one attached hydrogen (secondary N) is 1. The van der Waals surface area contributed by atoms with Gasteiger partial charge in [-0.05, 0) is 38.8 Å². The molecule has 2 amide bonds. The number of benzene rings is 1. The monoisotopic (exact) mass is 339 g/mol. The fourth-order valence-electron chi connectivity index (χ4n) is 4.55. The summed E-state index contributed by atoms with van der Waals surface area (Å²) < 4.78 is 0. The lowest BCUT2D eigenvalue weighted by Crippen LogP contribution is -2.52. The van der Waals surface area contributed by atoms with Crippen molar-refractivity contribution in [1.29, 1.82) is 0 Å². The molecule has 2 saturated heterocycles. The van der Waals surface area contributed by atoms with Gasteiger partial charge in [0.05, 0.1) is 0 Å². The van der Waals surface area contributed by atoms with Gasteiger partial charge in [-0.25, -0.2) is 0 Å². The summed E-state index contributed by atoms with van der Waals surface area (Å²) in [6, 6.07) is 7.52. The Morgan fingerprint density at radius 2 is 1.96 bits per heavy atom. The van der Waals surface area contributed by atoms with Gasteiger partial charge in [0, 0.05) is 35.5 Å². The molecule has 3 atom stereocenters. The molecular formula is C20H25N3O2. The summed E-state index contributed by atoms with van der Waals surface area (Å²) in [6.45, 7) is 8.04. The Labute approximate surface area is 148 Å². The van der Waals surface area contributed by atoms with Crippen molar-refractivity contribution in [3.05, 3.63) is 42.0 Å². The summed E-state index contributed by atoms with van der Waals surface area (Å²) in [5.74, 6) is -0.214. The highest BCUT2D eigenvalue weighted by Crippen LogP contribution is 2.33. The van der Waals surface area contributed by atoms with E-state index in [1.54, 1.807) is 13.0 Å². The van der Waals surface area contributed by atoms with Crippen molar-refractivity contribution in [3.8, 4) is 0 Å². The van der Waals surface area contributed by atoms with Crippen LogP contribution in [0.2, 0.25) is 0 Å². The highest BCUT2D eigenvalue weighted by atomic mass is 16.2. The third kappa shape index (κ3) is 2.67. The molecule has 4 rings (SSSR count). The van der Waals surface area contributed by atoms with E-state index in [9.17, 15) is 9.59 Å². The number of hydrogen-bond donors (Lipinski definition) is 1. The summed E-state index contributed by atoms with van der Waals surface area (Å²) in [6.07, 6.45) is 4.64. The van der Waals surface area contributed by atoms with Crippen molar-refractivity contribution < 1.29 is 9.59 Å². The molecule has 5 nitrogen and oxygen atoms in total. The predicted octanol–water partition coefficient (Wildman–Crippen LogP) is 2.24. The molecular weight excluding hydrogens is 314 g/mol. The molecule has 3 heterocycles. The smallest absolute Gasteiger partial charge is 0.259 e. The summed E-state index contributed by atoms with van der Waals surface area (Å²) in [4.78, 5) is 29.6. The molecule has 2 fully saturated rings. The van der Waals surface area contributed by atoms with E-state index in [0.717, 1.165) is 31.5 Å². The van der Waals surface area contributed by atoms with E-state index in [0.29, 0.717) is 17.3 Å². The minimum atomic E-state index is -0.551. The summed E-state index contributed by atoms with van der Waals surface area (Å²) >= 11 is 0. The van der Waals surface area contributed by atoms with Crippen LogP contribution in [0.15, 0.2) is 30.8 Å². The molecule has 132 valence electrons. The van der Waals surface area contributed by atoms with Crippen molar-refractivity contribution in [3.63, 3.8) is 0 Å². The largest absolute Gasteiger partial charge is 0.350 e. The van der Waals surface area contributed by atoms with E-state index >= 15 is 0 Å². The quantitative estimate of drug-likeness (QED) is 0.919. The zero-order valence-corrected chi connectivity index (χ0v) is 14.7. The lowest BCUT2D eigenvalue weighted by molar-refractivity contribution is -0.125. The highest BCUT2D eigenvalue weighted by molar-refractivity contribution is 6.10. The van der Waals surface area contributed by atoms with Crippen LogP contribution in [0.4, 0.5) is 0 Å². The number of rotatable bonds is 3. The molecule has 3 aliphatic heterocycles. The van der Waals surface area contributed by atoms with Gasteiger partial charge in [0.1, 0.15) is 6.04 Å². The number of piperidine rings is 1. The van der Waals surface area contributed by atoms with Gasteiger partial charge in [-0.2, -0.15) is 0 Å². The maximum atomic E-state index is 12.8. The number of carbonyl (C=O) groups excluding carboxylic acids is 2. The molecule has 0 bridgehead atoms. The number of fused-ring (bicyclic) bond motifs is 2. The molecule has 0 saturated carbocycles. The van der Waals surface area contributed by atoms with Gasteiger partial charge in [0.25, 0.3) is 5.91 Å². The van der Waals surface area contributed by atoms with E-state index in [-0.39, 0.29) is 17.9 Å². The first-order chi connectivity index (χ1) is 12.1. The SMILES string of the molecule is C=C1c2ccccc2C(=O)N1[C@H](C)C(=O)N[C@H]1CCN2CCCC[C@@H]12. The molecule has 1 aromatic rings. The fraction of sp³-hybridized carbons (Fsp3) is 0.500. The Bertz CT molecular complexity index is 694. The van der Waals surface area contributed by atoms with Crippen LogP contribution in [0.3, 0.4) is 0 Å². The van der Waals surface area contributed by atoms with E-state index in [1.165, 1.54) is 17.7 Å². The van der Waals surface area contributed by atoms with Gasteiger partial charge in [-0.3, -0.25) is 19.4 Å². The topological polar surface area (TPSA) is 52.7 Å². The van der Waals surface area contributed by atoms with Crippen LogP contribution in [0.25, 0.3) is 5.70 Å². The maximum Gasteiger partial charge on any atom is 0.259 e. The van der Waals surface area contributed by atoms with Gasteiger partial charge in [0.2, 0.25) is 5.91 Å². The minimum Gasteiger partial charge on any atom is -0.350 e. The molecule has 0 aromatic heterocycles. The molecule has 25 heavy (non-hydrogen) atoms. The van der Waals surface area contributed by atoms with Crippen LogP contribution in [0.1, 0.15) is 48.5 Å². The normalized spacial score (nSPS) is 27.2. The van der Waals surface area contributed by atoms with Crippen LogP contribution in [-0.4, -0.2) is 52.8 Å². The van der Waals surface area contributed by atoms with Crippen molar-refractivity contribution in [1.82, 2.24) is 15.1 Å². The second kappa shape index (κ2) is 6.30. The van der Waals surface area contributed by atoms with Crippen LogP contribution in [0, 0.1) is 0 Å². The summed E-state index contributed by atoms with van der Waals surface area (Å²) in [5.41, 5.74) is 2.08. The molecule has 0 spiro atoms. The van der Waals surface area contributed by atoms with Crippen molar-refractivity contribution in [2.24, 2.45) is 0 Å². The second-order valence-electron chi connectivity index (χ2n) is 7.35. The molecule has 0 unspecified atom stereocenters. The van der Waals surface area contributed by atoms with Crippen molar-refractivity contribution >= 4 is 17.5 Å². The number of nitrogens with zero attached hydrogens (tertiary/aromatic N) is 2. The maximum absolute atomic E-state index is 12.8. The lowest BCUT2D eigenvalue weighted by atomic mass is 9.99. The zero-order valence-electron chi connectivity index (χ0n) is 14.7. The van der Waals surface area contributed by atoms with Gasteiger partial charge >= 0.3 is 0 Å². The highest BCUT2D eigenvalue weighted by Gasteiger charge is 2.40. The molecule has 0 radical (unpaired) electrons. The van der Waals surface area contributed by atoms with E-state index in [2.05, 4.69) is 16.8 Å². The van der Waals surface area contributed by atoms with Crippen LogP contribution in [0.5, 0.6) is 0 Å². The number of amides is 2. The third-order valence-electron chi connectivity index (χ3n) is 5.93. The van der Waals surface area contributed by atoms with E-state index in [4.69, 9.17) is 0 Å². The molecule has 1 N–H and O–H groups in total. The van der Waals surface area contributed by atoms with E-state index in [1.807, 2.05) is 18.2 Å². The van der Waals surface area contributed by atoms with Gasteiger partial charge in [-0.1, -0.05) is 31.2 Å². The Morgan fingerprint density at radius 1 is 1.20 bits per heavy atom. The number of hydrogen-bond acceptors (Lipinski definition) is 3. The standard InChI is InChI=1S/C20H25N3O2/c1-13-15-7-3-4-8-16(15)20(25)23(13)14(2)19(24)21-17-10-12-22-11-6-5-9-18(17)22/h3-4,7-8,14,17-18H,1,5-6,9-12H2,2H3,(H,21,24)/t14-,17+,18+/m1/s1. The minimum absolute atomic E-state index is 0.0836.